The molecule has 0 saturated heterocycles. The predicted octanol–water partition coefficient (Wildman–Crippen LogP) is 3.79. The second-order valence-corrected chi connectivity index (χ2v) is 6.91. The molecule has 1 unspecified atom stereocenters. The lowest BCUT2D eigenvalue weighted by Crippen LogP contribution is -2.30. The molecule has 160 valence electrons. The van der Waals surface area contributed by atoms with Gasteiger partial charge in [-0.1, -0.05) is 48.5 Å². The maximum atomic E-state index is 14.9. The van der Waals surface area contributed by atoms with Crippen molar-refractivity contribution in [2.75, 3.05) is 14.2 Å². The average molecular weight is 421 g/mol. The number of nitrogen functional groups attached to an aromatic ring is 1. The van der Waals surface area contributed by atoms with E-state index in [1.165, 1.54) is 13.2 Å². The van der Waals surface area contributed by atoms with E-state index in [0.717, 1.165) is 11.1 Å². The summed E-state index contributed by atoms with van der Waals surface area (Å²) in [4.78, 5) is 12.6. The highest BCUT2D eigenvalue weighted by Crippen LogP contribution is 2.28. The third-order valence-corrected chi connectivity index (χ3v) is 4.89. The maximum absolute atomic E-state index is 14.9. The smallest absolute Gasteiger partial charge is 0.254 e. The molecule has 6 nitrogen and oxygen atoms in total. The number of ether oxygens (including phenoxy) is 2. The number of carbonyl (C=O) groups excluding carboxylic acids is 1. The molecule has 31 heavy (non-hydrogen) atoms. The quantitative estimate of drug-likeness (QED) is 0.381. The minimum Gasteiger partial charge on any atom is -0.497 e. The molecule has 1 amide bonds. The summed E-state index contributed by atoms with van der Waals surface area (Å²) in [6, 6.07) is 18.9. The number of nitrogens with two attached hydrogens (primary N) is 1. The topological polar surface area (TPSA) is 97.4 Å². The zero-order chi connectivity index (χ0) is 22.4. The third kappa shape index (κ3) is 5.26. The second kappa shape index (κ2) is 9.86. The van der Waals surface area contributed by atoms with Gasteiger partial charge in [0.15, 0.2) is 6.10 Å². The summed E-state index contributed by atoms with van der Waals surface area (Å²) in [6.07, 6.45) is -1.09. The monoisotopic (exact) mass is 421 g/mol. The number of rotatable bonds is 8. The van der Waals surface area contributed by atoms with Gasteiger partial charge in [-0.25, -0.2) is 4.39 Å². The summed E-state index contributed by atoms with van der Waals surface area (Å²) in [6.45, 7) is 0.236. The van der Waals surface area contributed by atoms with Crippen LogP contribution < -0.4 is 15.8 Å². The fourth-order valence-electron chi connectivity index (χ4n) is 3.18. The largest absolute Gasteiger partial charge is 0.497 e. The van der Waals surface area contributed by atoms with Crippen molar-refractivity contribution in [1.82, 2.24) is 5.32 Å². The molecule has 0 radical (unpaired) electrons. The minimum atomic E-state index is -1.09. The van der Waals surface area contributed by atoms with Crippen LogP contribution in [-0.4, -0.2) is 26.0 Å². The summed E-state index contributed by atoms with van der Waals surface area (Å²) >= 11 is 0. The molecule has 0 spiro atoms. The highest BCUT2D eigenvalue weighted by Gasteiger charge is 2.23. The predicted molar refractivity (Wildman–Crippen MR) is 117 cm³/mol. The van der Waals surface area contributed by atoms with Crippen LogP contribution in [0, 0.1) is 11.2 Å². The van der Waals surface area contributed by atoms with Crippen molar-refractivity contribution in [3.05, 3.63) is 89.2 Å². The summed E-state index contributed by atoms with van der Waals surface area (Å²) in [7, 11) is 2.93. The molecule has 0 aromatic heterocycles. The molecule has 4 N–H and O–H groups in total. The van der Waals surface area contributed by atoms with E-state index in [-0.39, 0.29) is 17.9 Å². The van der Waals surface area contributed by atoms with Crippen LogP contribution in [0.1, 0.15) is 22.8 Å². The number of benzene rings is 3. The van der Waals surface area contributed by atoms with E-state index in [0.29, 0.717) is 16.9 Å². The number of carbonyl (C=O) groups is 1. The number of amidine groups is 1. The number of hydrogen-bond acceptors (Lipinski definition) is 4. The molecule has 0 aliphatic heterocycles. The van der Waals surface area contributed by atoms with Gasteiger partial charge in [-0.15, -0.1) is 0 Å². The lowest BCUT2D eigenvalue weighted by atomic mass is 10.0. The molecule has 7 heteroatoms. The molecule has 3 rings (SSSR count). The van der Waals surface area contributed by atoms with Crippen LogP contribution in [0.3, 0.4) is 0 Å². The van der Waals surface area contributed by atoms with Gasteiger partial charge < -0.3 is 20.5 Å². The Kier molecular flexibility index (Phi) is 6.99. The van der Waals surface area contributed by atoms with Gasteiger partial charge >= 0.3 is 0 Å². The first kappa shape index (κ1) is 22.0. The molecule has 0 bridgehead atoms. The Labute approximate surface area is 180 Å². The zero-order valence-corrected chi connectivity index (χ0v) is 17.3. The fourth-order valence-corrected chi connectivity index (χ4v) is 3.18. The van der Waals surface area contributed by atoms with E-state index in [1.54, 1.807) is 43.5 Å². The van der Waals surface area contributed by atoms with E-state index in [1.807, 2.05) is 24.3 Å². The fraction of sp³-hybridized carbons (Fsp3) is 0.167. The molecular formula is C24H24FN3O3. The Morgan fingerprint density at radius 1 is 1.06 bits per heavy atom. The lowest BCUT2D eigenvalue weighted by molar-refractivity contribution is -0.131. The van der Waals surface area contributed by atoms with Crippen molar-refractivity contribution >= 4 is 11.7 Å². The van der Waals surface area contributed by atoms with Crippen LogP contribution in [-0.2, 0) is 16.1 Å². The first-order valence-electron chi connectivity index (χ1n) is 9.60. The zero-order valence-electron chi connectivity index (χ0n) is 17.3. The van der Waals surface area contributed by atoms with Gasteiger partial charge in [-0.3, -0.25) is 10.2 Å². The molecule has 0 aliphatic rings. The number of hydrogen-bond donors (Lipinski definition) is 3. The maximum Gasteiger partial charge on any atom is 0.254 e. The Morgan fingerprint density at radius 3 is 2.39 bits per heavy atom. The number of nitrogens with one attached hydrogen (secondary N) is 2. The second-order valence-electron chi connectivity index (χ2n) is 6.91. The van der Waals surface area contributed by atoms with Crippen LogP contribution in [0.4, 0.5) is 4.39 Å². The van der Waals surface area contributed by atoms with E-state index in [4.69, 9.17) is 20.6 Å². The van der Waals surface area contributed by atoms with Crippen LogP contribution in [0.15, 0.2) is 66.7 Å². The highest BCUT2D eigenvalue weighted by atomic mass is 19.1. The number of amides is 1. The normalized spacial score (nSPS) is 11.6. The van der Waals surface area contributed by atoms with Gasteiger partial charge in [0.2, 0.25) is 0 Å². The van der Waals surface area contributed by atoms with Crippen LogP contribution >= 0.6 is 0 Å². The van der Waals surface area contributed by atoms with Crippen molar-refractivity contribution in [1.29, 1.82) is 5.41 Å². The van der Waals surface area contributed by atoms with Gasteiger partial charge in [-0.2, -0.15) is 0 Å². The number of methoxy groups -OCH3 is 2. The minimum absolute atomic E-state index is 0.0251. The first-order valence-corrected chi connectivity index (χ1v) is 9.60. The molecule has 0 heterocycles. The van der Waals surface area contributed by atoms with Gasteiger partial charge in [0.25, 0.3) is 5.91 Å². The van der Waals surface area contributed by atoms with Crippen molar-refractivity contribution < 1.29 is 18.7 Å². The molecule has 0 fully saturated rings. The Hall–Kier alpha value is -3.71. The molecule has 0 aliphatic carbocycles. The molecule has 1 atom stereocenters. The van der Waals surface area contributed by atoms with E-state index >= 15 is 0 Å². The number of halogens is 1. The van der Waals surface area contributed by atoms with Crippen molar-refractivity contribution in [3.8, 4) is 16.9 Å². The first-order chi connectivity index (χ1) is 14.9. The van der Waals surface area contributed by atoms with E-state index < -0.39 is 17.8 Å². The molecule has 3 aromatic rings. The summed E-state index contributed by atoms with van der Waals surface area (Å²) in [5.41, 5.74) is 8.48. The van der Waals surface area contributed by atoms with Crippen LogP contribution in [0.5, 0.6) is 5.75 Å². The van der Waals surface area contributed by atoms with Gasteiger partial charge in [0.05, 0.1) is 7.11 Å². The Balaban J connectivity index is 1.73. The summed E-state index contributed by atoms with van der Waals surface area (Å²) < 4.78 is 25.4. The van der Waals surface area contributed by atoms with Crippen molar-refractivity contribution in [2.24, 2.45) is 5.73 Å². The van der Waals surface area contributed by atoms with Gasteiger partial charge in [0, 0.05) is 24.8 Å². The van der Waals surface area contributed by atoms with Gasteiger partial charge in [-0.05, 0) is 34.9 Å². The highest BCUT2D eigenvalue weighted by molar-refractivity contribution is 5.94. The van der Waals surface area contributed by atoms with Gasteiger partial charge in [0.1, 0.15) is 17.4 Å². The summed E-state index contributed by atoms with van der Waals surface area (Å²) in [5.74, 6) is -0.338. The SMILES string of the molecule is COc1cccc(-c2ccc(C(OC)C(=O)NCc3ccc(C(=N)N)cc3)c(F)c2)c1. The lowest BCUT2D eigenvalue weighted by Gasteiger charge is -2.17. The van der Waals surface area contributed by atoms with Crippen molar-refractivity contribution in [3.63, 3.8) is 0 Å². The van der Waals surface area contributed by atoms with Crippen molar-refractivity contribution in [2.45, 2.75) is 12.6 Å². The standard InChI is InChI=1S/C24H24FN3O3/c1-30-19-5-3-4-17(12-19)18-10-11-20(21(25)13-18)22(31-2)24(29)28-14-15-6-8-16(9-7-15)23(26)27/h3-13,22H,14H2,1-2H3,(H3,26,27)(H,28,29). The third-order valence-electron chi connectivity index (χ3n) is 4.89. The Bertz CT molecular complexity index is 1080. The molecular weight excluding hydrogens is 397 g/mol. The van der Waals surface area contributed by atoms with E-state index in [9.17, 15) is 9.18 Å². The van der Waals surface area contributed by atoms with Crippen LogP contribution in [0.25, 0.3) is 11.1 Å². The molecule has 3 aromatic carbocycles. The van der Waals surface area contributed by atoms with Crippen LogP contribution in [0.2, 0.25) is 0 Å². The molecule has 0 saturated carbocycles. The average Bonchev–Trinajstić information content (AvgIpc) is 2.79. The Morgan fingerprint density at radius 2 is 1.77 bits per heavy atom. The van der Waals surface area contributed by atoms with E-state index in [2.05, 4.69) is 5.32 Å². The summed E-state index contributed by atoms with van der Waals surface area (Å²) in [5, 5.41) is 10.2.